The van der Waals surface area contributed by atoms with Crippen LogP contribution < -0.4 is 4.74 Å². The van der Waals surface area contributed by atoms with E-state index in [1.807, 2.05) is 55.5 Å². The molecule has 3 aromatic rings. The Hall–Kier alpha value is -2.73. The molecule has 0 aliphatic rings. The van der Waals surface area contributed by atoms with Crippen LogP contribution >= 0.6 is 12.2 Å². The van der Waals surface area contributed by atoms with E-state index in [-0.39, 0.29) is 0 Å². The van der Waals surface area contributed by atoms with E-state index >= 15 is 0 Å². The van der Waals surface area contributed by atoms with Crippen LogP contribution in [0.5, 0.6) is 5.75 Å². The van der Waals surface area contributed by atoms with E-state index in [0.29, 0.717) is 10.6 Å². The average molecular weight is 324 g/mol. The molecule has 0 atom stereocenters. The van der Waals surface area contributed by atoms with Crippen molar-refractivity contribution in [3.8, 4) is 17.1 Å². The third-order valence-electron chi connectivity index (χ3n) is 3.45. The van der Waals surface area contributed by atoms with Gasteiger partial charge in [-0.3, -0.25) is 0 Å². The monoisotopic (exact) mass is 324 g/mol. The minimum Gasteiger partial charge on any atom is -0.497 e. The first-order valence-electron chi connectivity index (χ1n) is 7.11. The largest absolute Gasteiger partial charge is 0.497 e. The van der Waals surface area contributed by atoms with E-state index in [9.17, 15) is 0 Å². The van der Waals surface area contributed by atoms with E-state index in [2.05, 4.69) is 15.3 Å². The number of aromatic amines is 1. The highest BCUT2D eigenvalue weighted by atomic mass is 32.1. The van der Waals surface area contributed by atoms with Crippen molar-refractivity contribution in [2.45, 2.75) is 6.92 Å². The van der Waals surface area contributed by atoms with Gasteiger partial charge in [0.15, 0.2) is 5.82 Å². The van der Waals surface area contributed by atoms with Crippen molar-refractivity contribution < 1.29 is 4.74 Å². The van der Waals surface area contributed by atoms with Crippen molar-refractivity contribution in [2.75, 3.05) is 7.11 Å². The van der Waals surface area contributed by atoms with Crippen molar-refractivity contribution in [2.24, 2.45) is 5.10 Å². The van der Waals surface area contributed by atoms with Crippen molar-refractivity contribution in [3.05, 3.63) is 64.4 Å². The van der Waals surface area contributed by atoms with Gasteiger partial charge in [0.2, 0.25) is 4.77 Å². The number of rotatable bonds is 4. The van der Waals surface area contributed by atoms with Crippen LogP contribution in [0.4, 0.5) is 0 Å². The highest BCUT2D eigenvalue weighted by Gasteiger charge is 2.09. The van der Waals surface area contributed by atoms with Crippen LogP contribution in [0.1, 0.15) is 11.1 Å². The Bertz CT molecular complexity index is 911. The van der Waals surface area contributed by atoms with Gasteiger partial charge in [-0.25, -0.2) is 5.10 Å². The third kappa shape index (κ3) is 3.22. The van der Waals surface area contributed by atoms with Crippen molar-refractivity contribution in [1.29, 1.82) is 0 Å². The van der Waals surface area contributed by atoms with Crippen molar-refractivity contribution >= 4 is 18.4 Å². The Labute approximate surface area is 139 Å². The molecule has 2 aromatic carbocycles. The highest BCUT2D eigenvalue weighted by Crippen LogP contribution is 2.21. The maximum Gasteiger partial charge on any atom is 0.216 e. The highest BCUT2D eigenvalue weighted by molar-refractivity contribution is 7.71. The van der Waals surface area contributed by atoms with Crippen LogP contribution in [0, 0.1) is 11.7 Å². The van der Waals surface area contributed by atoms with E-state index in [1.165, 1.54) is 0 Å². The molecule has 0 fully saturated rings. The summed E-state index contributed by atoms with van der Waals surface area (Å²) in [5, 5.41) is 11.6. The predicted molar refractivity (Wildman–Crippen MR) is 93.6 cm³/mol. The molecule has 0 amide bonds. The van der Waals surface area contributed by atoms with E-state index in [0.717, 1.165) is 22.4 Å². The molecule has 23 heavy (non-hydrogen) atoms. The normalized spacial score (nSPS) is 11.0. The molecule has 6 heteroatoms. The summed E-state index contributed by atoms with van der Waals surface area (Å²) in [4.78, 5) is 0. The zero-order valence-corrected chi connectivity index (χ0v) is 13.7. The number of aryl methyl sites for hydroxylation is 1. The summed E-state index contributed by atoms with van der Waals surface area (Å²) in [6.07, 6.45) is 1.73. The van der Waals surface area contributed by atoms with Crippen LogP contribution in [-0.2, 0) is 0 Å². The second-order valence-electron chi connectivity index (χ2n) is 5.00. The first-order valence-corrected chi connectivity index (χ1v) is 7.51. The van der Waals surface area contributed by atoms with E-state index in [4.69, 9.17) is 17.0 Å². The fraction of sp³-hybridized carbons (Fsp3) is 0.118. The molecule has 0 bridgehead atoms. The summed E-state index contributed by atoms with van der Waals surface area (Å²) in [6, 6.07) is 15.6. The molecule has 0 spiro atoms. The molecule has 0 saturated carbocycles. The number of hydrogen-bond acceptors (Lipinski definition) is 4. The van der Waals surface area contributed by atoms with E-state index in [1.54, 1.807) is 18.0 Å². The lowest BCUT2D eigenvalue weighted by Crippen LogP contribution is -1.96. The Balaban J connectivity index is 2.01. The fourth-order valence-corrected chi connectivity index (χ4v) is 2.42. The predicted octanol–water partition coefficient (Wildman–Crippen LogP) is 3.81. The molecular formula is C17H16N4OS. The molecule has 1 heterocycles. The van der Waals surface area contributed by atoms with Gasteiger partial charge in [0.05, 0.1) is 13.3 Å². The Morgan fingerprint density at radius 2 is 2.04 bits per heavy atom. The number of benzene rings is 2. The fourth-order valence-electron chi connectivity index (χ4n) is 2.24. The van der Waals surface area contributed by atoms with Crippen LogP contribution in [0.25, 0.3) is 11.4 Å². The molecular weight excluding hydrogens is 308 g/mol. The maximum atomic E-state index is 5.29. The van der Waals surface area contributed by atoms with Gasteiger partial charge in [-0.15, -0.1) is 0 Å². The lowest BCUT2D eigenvalue weighted by atomic mass is 10.1. The summed E-state index contributed by atoms with van der Waals surface area (Å²) in [6.45, 7) is 2.03. The first kappa shape index (κ1) is 15.2. The van der Waals surface area contributed by atoms with E-state index < -0.39 is 0 Å². The Morgan fingerprint density at radius 1 is 1.22 bits per heavy atom. The van der Waals surface area contributed by atoms with Crippen LogP contribution in [0.3, 0.4) is 0 Å². The smallest absolute Gasteiger partial charge is 0.216 e. The number of methoxy groups -OCH3 is 1. The van der Waals surface area contributed by atoms with Crippen molar-refractivity contribution in [3.63, 3.8) is 0 Å². The minimum atomic E-state index is 0.447. The maximum absolute atomic E-state index is 5.29. The lowest BCUT2D eigenvalue weighted by Gasteiger charge is -2.04. The number of hydrogen-bond donors (Lipinski definition) is 1. The lowest BCUT2D eigenvalue weighted by molar-refractivity contribution is 0.415. The summed E-state index contributed by atoms with van der Waals surface area (Å²) in [5.41, 5.74) is 3.02. The molecule has 0 unspecified atom stereocenters. The topological polar surface area (TPSA) is 55.2 Å². The first-order chi connectivity index (χ1) is 11.2. The number of nitrogens with one attached hydrogen (secondary N) is 1. The summed E-state index contributed by atoms with van der Waals surface area (Å²) in [7, 11) is 1.64. The van der Waals surface area contributed by atoms with Gasteiger partial charge in [0.25, 0.3) is 0 Å². The molecule has 0 radical (unpaired) electrons. The Morgan fingerprint density at radius 3 is 2.83 bits per heavy atom. The summed E-state index contributed by atoms with van der Waals surface area (Å²) >= 11 is 5.29. The minimum absolute atomic E-state index is 0.447. The summed E-state index contributed by atoms with van der Waals surface area (Å²) < 4.78 is 7.29. The number of ether oxygens (including phenoxy) is 1. The zero-order chi connectivity index (χ0) is 16.2. The molecule has 1 N–H and O–H groups in total. The second kappa shape index (κ2) is 6.58. The molecule has 3 rings (SSSR count). The zero-order valence-electron chi connectivity index (χ0n) is 12.9. The van der Waals surface area contributed by atoms with Gasteiger partial charge < -0.3 is 4.74 Å². The van der Waals surface area contributed by atoms with Gasteiger partial charge in [0, 0.05) is 5.56 Å². The van der Waals surface area contributed by atoms with Gasteiger partial charge in [-0.2, -0.15) is 14.9 Å². The molecule has 1 aromatic heterocycles. The second-order valence-corrected chi connectivity index (χ2v) is 5.39. The van der Waals surface area contributed by atoms with Gasteiger partial charge >= 0.3 is 0 Å². The van der Waals surface area contributed by atoms with Crippen LogP contribution in [0.15, 0.2) is 53.6 Å². The average Bonchev–Trinajstić information content (AvgIpc) is 2.94. The number of H-pyrrole nitrogens is 1. The molecule has 0 aliphatic heterocycles. The molecule has 0 saturated heterocycles. The van der Waals surface area contributed by atoms with Gasteiger partial charge in [-0.1, -0.05) is 36.4 Å². The van der Waals surface area contributed by atoms with Crippen molar-refractivity contribution in [1.82, 2.24) is 14.9 Å². The summed E-state index contributed by atoms with van der Waals surface area (Å²) in [5.74, 6) is 1.47. The Kier molecular flexibility index (Phi) is 4.34. The molecule has 0 aliphatic carbocycles. The van der Waals surface area contributed by atoms with Gasteiger partial charge in [-0.05, 0) is 42.4 Å². The SMILES string of the molecule is COc1cccc(C=Nn2c(-c3ccccc3C)n[nH]c2=S)c1. The molecule has 116 valence electrons. The standard InChI is InChI=1S/C17H16N4OS/c1-12-6-3-4-9-15(12)16-19-20-17(23)21(16)18-11-13-7-5-8-14(10-13)22-2/h3-11H,1-2H3,(H,20,23). The quantitative estimate of drug-likeness (QED) is 0.586. The van der Waals surface area contributed by atoms with Gasteiger partial charge in [0.1, 0.15) is 5.75 Å². The molecule has 5 nitrogen and oxygen atoms in total. The van der Waals surface area contributed by atoms with Crippen LogP contribution in [-0.4, -0.2) is 28.2 Å². The van der Waals surface area contributed by atoms with Crippen LogP contribution in [0.2, 0.25) is 0 Å². The number of aromatic nitrogens is 3. The third-order valence-corrected chi connectivity index (χ3v) is 3.72. The number of nitrogens with zero attached hydrogens (tertiary/aromatic N) is 3.